The quantitative estimate of drug-likeness (QED) is 0.858. The smallest absolute Gasteiger partial charge is 0.119 e. The Balaban J connectivity index is 2.23. The number of anilines is 1. The summed E-state index contributed by atoms with van der Waals surface area (Å²) in [6.45, 7) is 2.68. The molecule has 0 aliphatic rings. The van der Waals surface area contributed by atoms with Gasteiger partial charge in [0.05, 0.1) is 11.6 Å². The van der Waals surface area contributed by atoms with Gasteiger partial charge in [-0.1, -0.05) is 12.1 Å². The second kappa shape index (κ2) is 4.36. The van der Waals surface area contributed by atoms with E-state index in [4.69, 9.17) is 10.5 Å². The van der Waals surface area contributed by atoms with Crippen LogP contribution in [0.15, 0.2) is 35.7 Å². The Labute approximate surface area is 93.3 Å². The first-order valence-electron chi connectivity index (χ1n) is 4.87. The first-order valence-corrected chi connectivity index (χ1v) is 5.75. The molecule has 0 aliphatic carbocycles. The number of benzene rings is 1. The highest BCUT2D eigenvalue weighted by Crippen LogP contribution is 2.28. The van der Waals surface area contributed by atoms with Gasteiger partial charge in [-0.2, -0.15) is 0 Å². The molecule has 1 heterocycles. The largest absolute Gasteiger partial charge is 0.494 e. The summed E-state index contributed by atoms with van der Waals surface area (Å²) >= 11 is 1.56. The lowest BCUT2D eigenvalue weighted by Crippen LogP contribution is -1.90. The molecule has 0 amide bonds. The van der Waals surface area contributed by atoms with Gasteiger partial charge in [0.25, 0.3) is 0 Å². The third-order valence-electron chi connectivity index (χ3n) is 2.12. The molecular formula is C12H13NOS. The number of hydrogen-bond donors (Lipinski definition) is 1. The highest BCUT2D eigenvalue weighted by atomic mass is 32.1. The molecule has 2 aromatic rings. The Kier molecular flexibility index (Phi) is 2.92. The molecule has 15 heavy (non-hydrogen) atoms. The normalized spacial score (nSPS) is 10.2. The van der Waals surface area contributed by atoms with E-state index in [0.29, 0.717) is 6.61 Å². The summed E-state index contributed by atoms with van der Waals surface area (Å²) in [5.74, 6) is 0.907. The molecule has 0 saturated heterocycles. The number of thiophene rings is 1. The van der Waals surface area contributed by atoms with Crippen molar-refractivity contribution in [3.63, 3.8) is 0 Å². The maximum absolute atomic E-state index is 5.69. The van der Waals surface area contributed by atoms with E-state index in [1.807, 2.05) is 37.3 Å². The van der Waals surface area contributed by atoms with Crippen LogP contribution in [0.25, 0.3) is 11.1 Å². The Hall–Kier alpha value is -1.48. The summed E-state index contributed by atoms with van der Waals surface area (Å²) < 4.78 is 5.38. The number of hydrogen-bond acceptors (Lipinski definition) is 3. The first-order chi connectivity index (χ1) is 7.29. The summed E-state index contributed by atoms with van der Waals surface area (Å²) in [7, 11) is 0. The third-order valence-corrected chi connectivity index (χ3v) is 2.88. The highest BCUT2D eigenvalue weighted by molar-refractivity contribution is 7.14. The van der Waals surface area contributed by atoms with Crippen molar-refractivity contribution in [2.24, 2.45) is 0 Å². The van der Waals surface area contributed by atoms with Crippen LogP contribution in [0.3, 0.4) is 0 Å². The molecule has 3 heteroatoms. The van der Waals surface area contributed by atoms with Crippen molar-refractivity contribution >= 4 is 16.3 Å². The van der Waals surface area contributed by atoms with Gasteiger partial charge in [-0.3, -0.25) is 0 Å². The maximum Gasteiger partial charge on any atom is 0.119 e. The third kappa shape index (κ3) is 2.30. The van der Waals surface area contributed by atoms with E-state index < -0.39 is 0 Å². The van der Waals surface area contributed by atoms with Crippen molar-refractivity contribution in [2.75, 3.05) is 12.3 Å². The molecule has 0 fully saturated rings. The lowest BCUT2D eigenvalue weighted by atomic mass is 10.1. The predicted molar refractivity (Wildman–Crippen MR) is 65.3 cm³/mol. The van der Waals surface area contributed by atoms with Crippen LogP contribution in [0.4, 0.5) is 5.00 Å². The first kappa shape index (κ1) is 10.1. The summed E-state index contributed by atoms with van der Waals surface area (Å²) in [6.07, 6.45) is 0. The molecule has 2 nitrogen and oxygen atoms in total. The van der Waals surface area contributed by atoms with Crippen LogP contribution in [0, 0.1) is 0 Å². The van der Waals surface area contributed by atoms with Gasteiger partial charge < -0.3 is 10.5 Å². The molecular weight excluding hydrogens is 206 g/mol. The number of nitrogens with two attached hydrogens (primary N) is 1. The zero-order chi connectivity index (χ0) is 10.7. The molecule has 0 bridgehead atoms. The zero-order valence-electron chi connectivity index (χ0n) is 8.57. The second-order valence-corrected chi connectivity index (χ2v) is 4.14. The van der Waals surface area contributed by atoms with Gasteiger partial charge in [0.2, 0.25) is 0 Å². The van der Waals surface area contributed by atoms with E-state index in [9.17, 15) is 0 Å². The number of ether oxygens (including phenoxy) is 1. The lowest BCUT2D eigenvalue weighted by molar-refractivity contribution is 0.340. The van der Waals surface area contributed by atoms with Crippen LogP contribution >= 0.6 is 11.3 Å². The molecule has 0 aliphatic heterocycles. The molecule has 1 aromatic heterocycles. The van der Waals surface area contributed by atoms with E-state index in [1.54, 1.807) is 11.3 Å². The van der Waals surface area contributed by atoms with Gasteiger partial charge in [-0.05, 0) is 36.2 Å². The van der Waals surface area contributed by atoms with E-state index in [2.05, 4.69) is 5.38 Å². The van der Waals surface area contributed by atoms with Gasteiger partial charge in [0.15, 0.2) is 0 Å². The van der Waals surface area contributed by atoms with E-state index in [-0.39, 0.29) is 0 Å². The summed E-state index contributed by atoms with van der Waals surface area (Å²) in [6, 6.07) is 10.0. The Morgan fingerprint density at radius 3 is 2.47 bits per heavy atom. The fraction of sp³-hybridized carbons (Fsp3) is 0.167. The minimum absolute atomic E-state index is 0.699. The molecule has 0 radical (unpaired) electrons. The average molecular weight is 219 g/mol. The summed E-state index contributed by atoms with van der Waals surface area (Å²) in [4.78, 5) is 0. The van der Waals surface area contributed by atoms with E-state index >= 15 is 0 Å². The summed E-state index contributed by atoms with van der Waals surface area (Å²) in [5, 5.41) is 2.91. The minimum atomic E-state index is 0.699. The molecule has 2 rings (SSSR count). The van der Waals surface area contributed by atoms with Crippen LogP contribution in [0.2, 0.25) is 0 Å². The lowest BCUT2D eigenvalue weighted by Gasteiger charge is -2.03. The van der Waals surface area contributed by atoms with Crippen LogP contribution in [0.1, 0.15) is 6.92 Å². The van der Waals surface area contributed by atoms with Crippen molar-refractivity contribution in [1.82, 2.24) is 0 Å². The molecule has 0 saturated carbocycles. The van der Waals surface area contributed by atoms with E-state index in [1.165, 1.54) is 11.1 Å². The van der Waals surface area contributed by atoms with Crippen LogP contribution < -0.4 is 10.5 Å². The van der Waals surface area contributed by atoms with Crippen LogP contribution in [-0.4, -0.2) is 6.61 Å². The van der Waals surface area contributed by atoms with Crippen LogP contribution in [-0.2, 0) is 0 Å². The van der Waals surface area contributed by atoms with Crippen molar-refractivity contribution in [3.05, 3.63) is 35.7 Å². The fourth-order valence-electron chi connectivity index (χ4n) is 1.41. The van der Waals surface area contributed by atoms with Crippen molar-refractivity contribution in [2.45, 2.75) is 6.92 Å². The Bertz CT molecular complexity index is 433. The summed E-state index contributed by atoms with van der Waals surface area (Å²) in [5.41, 5.74) is 8.03. The molecule has 78 valence electrons. The van der Waals surface area contributed by atoms with Gasteiger partial charge in [0.1, 0.15) is 5.75 Å². The van der Waals surface area contributed by atoms with Gasteiger partial charge in [-0.25, -0.2) is 0 Å². The topological polar surface area (TPSA) is 35.2 Å². The van der Waals surface area contributed by atoms with Gasteiger partial charge in [-0.15, -0.1) is 11.3 Å². The molecule has 0 atom stereocenters. The van der Waals surface area contributed by atoms with Crippen molar-refractivity contribution < 1.29 is 4.74 Å². The molecule has 2 N–H and O–H groups in total. The standard InChI is InChI=1S/C12H13NOS/c1-2-14-11-5-3-9(4-6-11)10-7-12(13)15-8-10/h3-8H,2,13H2,1H3. The van der Waals surface area contributed by atoms with E-state index in [0.717, 1.165) is 10.8 Å². The van der Waals surface area contributed by atoms with Gasteiger partial charge >= 0.3 is 0 Å². The minimum Gasteiger partial charge on any atom is -0.494 e. The van der Waals surface area contributed by atoms with Crippen LogP contribution in [0.5, 0.6) is 5.75 Å². The molecule has 0 spiro atoms. The van der Waals surface area contributed by atoms with Crippen molar-refractivity contribution in [1.29, 1.82) is 0 Å². The van der Waals surface area contributed by atoms with Crippen molar-refractivity contribution in [3.8, 4) is 16.9 Å². The van der Waals surface area contributed by atoms with Gasteiger partial charge in [0, 0.05) is 5.38 Å². The number of nitrogen functional groups attached to an aromatic ring is 1. The Morgan fingerprint density at radius 2 is 1.93 bits per heavy atom. The average Bonchev–Trinajstić information content (AvgIpc) is 2.67. The molecule has 0 unspecified atom stereocenters. The molecule has 1 aromatic carbocycles. The number of rotatable bonds is 3. The Morgan fingerprint density at radius 1 is 1.20 bits per heavy atom. The highest BCUT2D eigenvalue weighted by Gasteiger charge is 2.00. The SMILES string of the molecule is CCOc1ccc(-c2csc(N)c2)cc1. The second-order valence-electron chi connectivity index (χ2n) is 3.20. The monoisotopic (exact) mass is 219 g/mol. The maximum atomic E-state index is 5.69. The zero-order valence-corrected chi connectivity index (χ0v) is 9.38. The predicted octanol–water partition coefficient (Wildman–Crippen LogP) is 3.40. The fourth-order valence-corrected chi connectivity index (χ4v) is 2.08.